The molecule has 1 rings (SSSR count). The van der Waals surface area contributed by atoms with E-state index in [1.165, 1.54) is 25.9 Å². The highest BCUT2D eigenvalue weighted by Gasteiger charge is 2.22. The Kier molecular flexibility index (Phi) is 4.74. The van der Waals surface area contributed by atoms with Crippen molar-refractivity contribution in [3.05, 3.63) is 0 Å². The summed E-state index contributed by atoms with van der Waals surface area (Å²) in [6.07, 6.45) is 2.93. The molecule has 1 atom stereocenters. The Balaban J connectivity index is 1.99. The third-order valence-corrected chi connectivity index (χ3v) is 2.63. The normalized spacial score (nSPS) is 19.4. The monoisotopic (exact) mass is 184 g/mol. The Morgan fingerprint density at radius 1 is 1.46 bits per heavy atom. The second-order valence-corrected chi connectivity index (χ2v) is 4.58. The van der Waals surface area contributed by atoms with Gasteiger partial charge in [0.15, 0.2) is 0 Å². The zero-order valence-electron chi connectivity index (χ0n) is 9.34. The average molecular weight is 184 g/mol. The average Bonchev–Trinajstić information content (AvgIpc) is 2.84. The molecule has 0 saturated heterocycles. The first-order valence-corrected chi connectivity index (χ1v) is 5.61. The smallest absolute Gasteiger partial charge is 0.00162 e. The molecule has 0 aromatic heterocycles. The van der Waals surface area contributed by atoms with Gasteiger partial charge in [-0.3, -0.25) is 0 Å². The van der Waals surface area contributed by atoms with E-state index in [2.05, 4.69) is 31.1 Å². The number of hydrogen-bond acceptors (Lipinski definition) is 2. The molecule has 0 spiro atoms. The minimum atomic E-state index is 0.781. The Hall–Kier alpha value is -0.0800. The van der Waals surface area contributed by atoms with E-state index in [-0.39, 0.29) is 0 Å². The van der Waals surface area contributed by atoms with Crippen LogP contribution in [-0.2, 0) is 0 Å². The van der Waals surface area contributed by atoms with E-state index in [1.54, 1.807) is 0 Å². The van der Waals surface area contributed by atoms with Gasteiger partial charge in [-0.15, -0.1) is 0 Å². The van der Waals surface area contributed by atoms with Crippen LogP contribution in [0.4, 0.5) is 0 Å². The van der Waals surface area contributed by atoms with Crippen molar-refractivity contribution >= 4 is 0 Å². The number of nitrogens with one attached hydrogen (secondary N) is 1. The molecule has 0 aromatic rings. The van der Waals surface area contributed by atoms with Crippen LogP contribution in [0.25, 0.3) is 0 Å². The van der Waals surface area contributed by atoms with Gasteiger partial charge in [-0.25, -0.2) is 0 Å². The van der Waals surface area contributed by atoms with Gasteiger partial charge in [0.05, 0.1) is 0 Å². The van der Waals surface area contributed by atoms with Crippen LogP contribution in [0.5, 0.6) is 0 Å². The van der Waals surface area contributed by atoms with Crippen LogP contribution in [0.2, 0.25) is 0 Å². The lowest BCUT2D eigenvalue weighted by Gasteiger charge is -2.21. The molecule has 1 N–H and O–H groups in total. The van der Waals surface area contributed by atoms with Crippen LogP contribution in [0.15, 0.2) is 0 Å². The Morgan fingerprint density at radius 3 is 2.69 bits per heavy atom. The van der Waals surface area contributed by atoms with E-state index in [0.29, 0.717) is 0 Å². The van der Waals surface area contributed by atoms with Gasteiger partial charge in [-0.1, -0.05) is 13.8 Å². The van der Waals surface area contributed by atoms with Crippen molar-refractivity contribution in [3.63, 3.8) is 0 Å². The van der Waals surface area contributed by atoms with Crippen molar-refractivity contribution < 1.29 is 0 Å². The van der Waals surface area contributed by atoms with Gasteiger partial charge in [-0.05, 0) is 44.8 Å². The molecule has 0 bridgehead atoms. The second kappa shape index (κ2) is 5.61. The third kappa shape index (κ3) is 5.27. The standard InChI is InChI=1S/C11H24N2/c1-4-12-7-10(2)8-13(3)9-11-5-6-11/h10-12H,4-9H2,1-3H3. The molecule has 78 valence electrons. The molecule has 1 unspecified atom stereocenters. The zero-order valence-corrected chi connectivity index (χ0v) is 9.34. The summed E-state index contributed by atoms with van der Waals surface area (Å²) < 4.78 is 0. The lowest BCUT2D eigenvalue weighted by Crippen LogP contribution is -2.32. The van der Waals surface area contributed by atoms with E-state index < -0.39 is 0 Å². The Bertz CT molecular complexity index is 132. The molecular formula is C11H24N2. The fraction of sp³-hybridized carbons (Fsp3) is 1.00. The molecule has 1 aliphatic rings. The van der Waals surface area contributed by atoms with Gasteiger partial charge in [0, 0.05) is 13.1 Å². The predicted molar refractivity (Wildman–Crippen MR) is 57.9 cm³/mol. The number of nitrogens with zero attached hydrogens (tertiary/aromatic N) is 1. The van der Waals surface area contributed by atoms with Crippen molar-refractivity contribution in [1.82, 2.24) is 10.2 Å². The summed E-state index contributed by atoms with van der Waals surface area (Å²) in [7, 11) is 2.25. The van der Waals surface area contributed by atoms with E-state index >= 15 is 0 Å². The van der Waals surface area contributed by atoms with Crippen molar-refractivity contribution in [2.45, 2.75) is 26.7 Å². The molecule has 0 heterocycles. The molecule has 13 heavy (non-hydrogen) atoms. The van der Waals surface area contributed by atoms with Crippen LogP contribution >= 0.6 is 0 Å². The first kappa shape index (κ1) is 11.0. The highest BCUT2D eigenvalue weighted by atomic mass is 15.1. The van der Waals surface area contributed by atoms with E-state index in [9.17, 15) is 0 Å². The van der Waals surface area contributed by atoms with Gasteiger partial charge >= 0.3 is 0 Å². The highest BCUT2D eigenvalue weighted by molar-refractivity contribution is 4.76. The summed E-state index contributed by atoms with van der Waals surface area (Å²) in [5, 5.41) is 3.40. The van der Waals surface area contributed by atoms with E-state index in [4.69, 9.17) is 0 Å². The molecule has 0 radical (unpaired) electrons. The predicted octanol–water partition coefficient (Wildman–Crippen LogP) is 1.57. The van der Waals surface area contributed by atoms with Gasteiger partial charge in [0.1, 0.15) is 0 Å². The molecule has 1 saturated carbocycles. The van der Waals surface area contributed by atoms with Gasteiger partial charge in [0.2, 0.25) is 0 Å². The summed E-state index contributed by atoms with van der Waals surface area (Å²) in [6, 6.07) is 0. The first-order chi connectivity index (χ1) is 6.22. The van der Waals surface area contributed by atoms with Crippen LogP contribution in [-0.4, -0.2) is 38.1 Å². The minimum absolute atomic E-state index is 0.781. The van der Waals surface area contributed by atoms with Crippen molar-refractivity contribution in [1.29, 1.82) is 0 Å². The fourth-order valence-corrected chi connectivity index (χ4v) is 1.80. The van der Waals surface area contributed by atoms with Gasteiger partial charge < -0.3 is 10.2 Å². The third-order valence-electron chi connectivity index (χ3n) is 2.63. The number of hydrogen-bond donors (Lipinski definition) is 1. The number of rotatable bonds is 7. The zero-order chi connectivity index (χ0) is 9.68. The van der Waals surface area contributed by atoms with Crippen LogP contribution in [0, 0.1) is 11.8 Å². The Labute approximate surface area is 82.7 Å². The minimum Gasteiger partial charge on any atom is -0.317 e. The lowest BCUT2D eigenvalue weighted by atomic mass is 10.1. The summed E-state index contributed by atoms with van der Waals surface area (Å²) in [6.45, 7) is 9.30. The van der Waals surface area contributed by atoms with Crippen molar-refractivity contribution in [2.75, 3.05) is 33.2 Å². The summed E-state index contributed by atoms with van der Waals surface area (Å²) in [5.74, 6) is 1.81. The van der Waals surface area contributed by atoms with Crippen molar-refractivity contribution in [2.24, 2.45) is 11.8 Å². The summed E-state index contributed by atoms with van der Waals surface area (Å²) >= 11 is 0. The molecule has 0 aromatic carbocycles. The molecule has 2 heteroatoms. The van der Waals surface area contributed by atoms with Crippen LogP contribution in [0.1, 0.15) is 26.7 Å². The highest BCUT2D eigenvalue weighted by Crippen LogP contribution is 2.29. The maximum Gasteiger partial charge on any atom is 0.00162 e. The molecule has 0 amide bonds. The quantitative estimate of drug-likeness (QED) is 0.646. The van der Waals surface area contributed by atoms with E-state index in [1.807, 2.05) is 0 Å². The molecule has 1 aliphatic carbocycles. The second-order valence-electron chi connectivity index (χ2n) is 4.58. The topological polar surface area (TPSA) is 15.3 Å². The molecular weight excluding hydrogens is 160 g/mol. The van der Waals surface area contributed by atoms with Crippen LogP contribution in [0.3, 0.4) is 0 Å². The first-order valence-electron chi connectivity index (χ1n) is 5.61. The summed E-state index contributed by atoms with van der Waals surface area (Å²) in [4.78, 5) is 2.49. The van der Waals surface area contributed by atoms with Crippen LogP contribution < -0.4 is 5.32 Å². The fourth-order valence-electron chi connectivity index (χ4n) is 1.80. The molecule has 0 aliphatic heterocycles. The maximum absolute atomic E-state index is 3.40. The maximum atomic E-state index is 3.40. The van der Waals surface area contributed by atoms with E-state index in [0.717, 1.165) is 24.9 Å². The van der Waals surface area contributed by atoms with Crippen molar-refractivity contribution in [3.8, 4) is 0 Å². The SMILES string of the molecule is CCNCC(C)CN(C)CC1CC1. The molecule has 1 fully saturated rings. The summed E-state index contributed by atoms with van der Waals surface area (Å²) in [5.41, 5.74) is 0. The lowest BCUT2D eigenvalue weighted by molar-refractivity contribution is 0.272. The van der Waals surface area contributed by atoms with Gasteiger partial charge in [0.25, 0.3) is 0 Å². The molecule has 2 nitrogen and oxygen atoms in total. The largest absolute Gasteiger partial charge is 0.317 e. The van der Waals surface area contributed by atoms with Gasteiger partial charge in [-0.2, -0.15) is 0 Å². The Morgan fingerprint density at radius 2 is 2.15 bits per heavy atom.